The van der Waals surface area contributed by atoms with Crippen molar-refractivity contribution in [3.05, 3.63) is 34.9 Å². The van der Waals surface area contributed by atoms with Crippen LogP contribution < -0.4 is 0 Å². The maximum Gasteiger partial charge on any atom is 0.335 e. The quantitative estimate of drug-likeness (QED) is 0.816. The molecule has 5 heteroatoms. The molecule has 1 aromatic carbocycles. The van der Waals surface area contributed by atoms with Gasteiger partial charge in [0.2, 0.25) is 0 Å². The summed E-state index contributed by atoms with van der Waals surface area (Å²) in [6.07, 6.45) is -0.928. The van der Waals surface area contributed by atoms with Gasteiger partial charge in [-0.1, -0.05) is 29.8 Å². The first-order valence-electron chi connectivity index (χ1n) is 5.30. The van der Waals surface area contributed by atoms with Crippen molar-refractivity contribution in [3.8, 4) is 0 Å². The van der Waals surface area contributed by atoms with E-state index in [2.05, 4.69) is 0 Å². The molecule has 0 radical (unpaired) electrons. The van der Waals surface area contributed by atoms with E-state index in [0.717, 1.165) is 5.56 Å². The second-order valence-corrected chi connectivity index (χ2v) is 3.80. The monoisotopic (exact) mass is 258 g/mol. The van der Waals surface area contributed by atoms with Crippen LogP contribution in [-0.2, 0) is 20.9 Å². The Bertz CT molecular complexity index is 367. The highest BCUT2D eigenvalue weighted by Gasteiger charge is 2.17. The predicted octanol–water partition coefficient (Wildman–Crippen LogP) is 2.35. The van der Waals surface area contributed by atoms with Crippen molar-refractivity contribution in [2.45, 2.75) is 19.6 Å². The van der Waals surface area contributed by atoms with E-state index in [1.165, 1.54) is 0 Å². The number of carboxylic acid groups (broad SMARTS) is 1. The van der Waals surface area contributed by atoms with Gasteiger partial charge in [0.05, 0.1) is 13.2 Å². The minimum atomic E-state index is -1.02. The fourth-order valence-corrected chi connectivity index (χ4v) is 1.47. The molecule has 0 bridgehead atoms. The standard InChI is InChI=1S/C12H15ClO4/c1-2-17-11(12(14)15)8-16-7-9-5-3-4-6-10(9)13/h3-6,11H,2,7-8H2,1H3,(H,14,15). The normalized spacial score (nSPS) is 12.4. The first-order valence-corrected chi connectivity index (χ1v) is 5.68. The highest BCUT2D eigenvalue weighted by atomic mass is 35.5. The Kier molecular flexibility index (Phi) is 5.97. The summed E-state index contributed by atoms with van der Waals surface area (Å²) in [5.74, 6) is -1.02. The SMILES string of the molecule is CCOC(COCc1ccccc1Cl)C(=O)O. The third-order valence-corrected chi connectivity index (χ3v) is 2.50. The molecule has 4 nitrogen and oxygen atoms in total. The molecule has 0 fully saturated rings. The Morgan fingerprint density at radius 1 is 1.47 bits per heavy atom. The van der Waals surface area contributed by atoms with Crippen LogP contribution in [0, 0.1) is 0 Å². The summed E-state index contributed by atoms with van der Waals surface area (Å²) in [4.78, 5) is 10.8. The number of ether oxygens (including phenoxy) is 2. The molecule has 1 aromatic rings. The smallest absolute Gasteiger partial charge is 0.335 e. The molecule has 17 heavy (non-hydrogen) atoms. The van der Waals surface area contributed by atoms with Crippen molar-refractivity contribution in [1.29, 1.82) is 0 Å². The second-order valence-electron chi connectivity index (χ2n) is 3.39. The van der Waals surface area contributed by atoms with E-state index >= 15 is 0 Å². The van der Waals surface area contributed by atoms with Crippen molar-refractivity contribution in [2.75, 3.05) is 13.2 Å². The molecule has 0 amide bonds. The highest BCUT2D eigenvalue weighted by molar-refractivity contribution is 6.31. The van der Waals surface area contributed by atoms with Crippen LogP contribution in [0.1, 0.15) is 12.5 Å². The molecule has 1 N–H and O–H groups in total. The molecular weight excluding hydrogens is 244 g/mol. The molecular formula is C12H15ClO4. The number of benzene rings is 1. The van der Waals surface area contributed by atoms with Gasteiger partial charge in [0.1, 0.15) is 0 Å². The van der Waals surface area contributed by atoms with Gasteiger partial charge in [0.15, 0.2) is 6.10 Å². The van der Waals surface area contributed by atoms with Crippen molar-refractivity contribution < 1.29 is 19.4 Å². The number of rotatable bonds is 7. The largest absolute Gasteiger partial charge is 0.479 e. The van der Waals surface area contributed by atoms with Crippen LogP contribution in [0.15, 0.2) is 24.3 Å². The van der Waals surface area contributed by atoms with E-state index in [1.807, 2.05) is 18.2 Å². The van der Waals surface area contributed by atoms with Gasteiger partial charge in [-0.25, -0.2) is 4.79 Å². The number of carboxylic acids is 1. The van der Waals surface area contributed by atoms with Crippen LogP contribution in [0.25, 0.3) is 0 Å². The van der Waals surface area contributed by atoms with Gasteiger partial charge in [-0.05, 0) is 18.6 Å². The Morgan fingerprint density at radius 2 is 2.18 bits per heavy atom. The van der Waals surface area contributed by atoms with Crippen molar-refractivity contribution in [2.24, 2.45) is 0 Å². The summed E-state index contributed by atoms with van der Waals surface area (Å²) < 4.78 is 10.3. The fraction of sp³-hybridized carbons (Fsp3) is 0.417. The second kappa shape index (κ2) is 7.27. The molecule has 0 aliphatic carbocycles. The molecule has 0 heterocycles. The van der Waals surface area contributed by atoms with E-state index < -0.39 is 12.1 Å². The zero-order valence-corrected chi connectivity index (χ0v) is 10.3. The molecule has 1 atom stereocenters. The molecule has 1 unspecified atom stereocenters. The number of halogens is 1. The van der Waals surface area contributed by atoms with E-state index in [0.29, 0.717) is 11.6 Å². The van der Waals surface area contributed by atoms with Crippen LogP contribution in [0.4, 0.5) is 0 Å². The maximum atomic E-state index is 10.8. The van der Waals surface area contributed by atoms with E-state index in [9.17, 15) is 4.79 Å². The van der Waals surface area contributed by atoms with Gasteiger partial charge in [-0.2, -0.15) is 0 Å². The van der Waals surface area contributed by atoms with E-state index in [1.54, 1.807) is 13.0 Å². The highest BCUT2D eigenvalue weighted by Crippen LogP contribution is 2.15. The average Bonchev–Trinajstić information content (AvgIpc) is 2.30. The first-order chi connectivity index (χ1) is 8.15. The van der Waals surface area contributed by atoms with Crippen LogP contribution in [-0.4, -0.2) is 30.4 Å². The zero-order chi connectivity index (χ0) is 12.7. The van der Waals surface area contributed by atoms with Crippen LogP contribution >= 0.6 is 11.6 Å². The Balaban J connectivity index is 2.41. The third-order valence-electron chi connectivity index (χ3n) is 2.13. The Labute approximate surface area is 105 Å². The summed E-state index contributed by atoms with van der Waals surface area (Å²) in [6.45, 7) is 2.36. The van der Waals surface area contributed by atoms with Crippen LogP contribution in [0.5, 0.6) is 0 Å². The third kappa shape index (κ3) is 4.73. The van der Waals surface area contributed by atoms with Gasteiger partial charge < -0.3 is 14.6 Å². The van der Waals surface area contributed by atoms with Gasteiger partial charge in [-0.15, -0.1) is 0 Å². The molecule has 0 saturated heterocycles. The first kappa shape index (κ1) is 14.0. The van der Waals surface area contributed by atoms with Crippen molar-refractivity contribution in [3.63, 3.8) is 0 Å². The zero-order valence-electron chi connectivity index (χ0n) is 9.56. The minimum Gasteiger partial charge on any atom is -0.479 e. The lowest BCUT2D eigenvalue weighted by atomic mass is 10.2. The van der Waals surface area contributed by atoms with Crippen LogP contribution in [0.2, 0.25) is 5.02 Å². The van der Waals surface area contributed by atoms with E-state index in [4.69, 9.17) is 26.2 Å². The number of hydrogen-bond acceptors (Lipinski definition) is 3. The van der Waals surface area contributed by atoms with Gasteiger partial charge in [0.25, 0.3) is 0 Å². The topological polar surface area (TPSA) is 55.8 Å². The molecule has 0 saturated carbocycles. The number of hydrogen-bond donors (Lipinski definition) is 1. The molecule has 0 spiro atoms. The minimum absolute atomic E-state index is 0.00833. The molecule has 94 valence electrons. The number of carbonyl (C=O) groups is 1. The van der Waals surface area contributed by atoms with Crippen molar-refractivity contribution in [1.82, 2.24) is 0 Å². The summed E-state index contributed by atoms with van der Waals surface area (Å²) in [6, 6.07) is 7.27. The van der Waals surface area contributed by atoms with E-state index in [-0.39, 0.29) is 13.2 Å². The molecule has 0 aliphatic rings. The van der Waals surface area contributed by atoms with Crippen molar-refractivity contribution >= 4 is 17.6 Å². The average molecular weight is 259 g/mol. The Morgan fingerprint density at radius 3 is 2.76 bits per heavy atom. The van der Waals surface area contributed by atoms with Gasteiger partial charge in [-0.3, -0.25) is 0 Å². The van der Waals surface area contributed by atoms with Gasteiger partial charge in [0, 0.05) is 11.6 Å². The lowest BCUT2D eigenvalue weighted by Gasteiger charge is -2.13. The summed E-state index contributed by atoms with van der Waals surface area (Å²) in [5.41, 5.74) is 0.829. The summed E-state index contributed by atoms with van der Waals surface area (Å²) in [7, 11) is 0. The summed E-state index contributed by atoms with van der Waals surface area (Å²) in [5, 5.41) is 9.43. The maximum absolute atomic E-state index is 10.8. The number of aliphatic carboxylic acids is 1. The van der Waals surface area contributed by atoms with Gasteiger partial charge >= 0.3 is 5.97 Å². The molecule has 0 aliphatic heterocycles. The Hall–Kier alpha value is -1.10. The lowest BCUT2D eigenvalue weighted by molar-refractivity contribution is -0.154. The van der Waals surface area contributed by atoms with Crippen LogP contribution in [0.3, 0.4) is 0 Å². The predicted molar refractivity (Wildman–Crippen MR) is 64.2 cm³/mol. The molecule has 0 aromatic heterocycles. The molecule has 1 rings (SSSR count). The lowest BCUT2D eigenvalue weighted by Crippen LogP contribution is -2.29. The summed E-state index contributed by atoms with van der Waals surface area (Å²) >= 11 is 5.94. The fourth-order valence-electron chi connectivity index (χ4n) is 1.28.